The number of amides is 1. The highest BCUT2D eigenvalue weighted by Gasteiger charge is 2.34. The normalized spacial score (nSPS) is 21.1. The minimum atomic E-state index is -0.0587. The van der Waals surface area contributed by atoms with E-state index in [9.17, 15) is 4.79 Å². The molecule has 1 aliphatic heterocycles. The van der Waals surface area contributed by atoms with Crippen molar-refractivity contribution in [3.8, 4) is 0 Å². The van der Waals surface area contributed by atoms with Crippen molar-refractivity contribution in [3.05, 3.63) is 65.9 Å². The number of nitrogens with two attached hydrogens (primary N) is 1. The molecule has 1 aliphatic carbocycles. The number of imidazole rings is 1. The van der Waals surface area contributed by atoms with Crippen LogP contribution in [0.1, 0.15) is 60.3 Å². The van der Waals surface area contributed by atoms with Gasteiger partial charge < -0.3 is 11.1 Å². The Morgan fingerprint density at radius 1 is 1.19 bits per heavy atom. The van der Waals surface area contributed by atoms with Gasteiger partial charge in [0.2, 0.25) is 0 Å². The van der Waals surface area contributed by atoms with Crippen LogP contribution in [0, 0.1) is 0 Å². The van der Waals surface area contributed by atoms with Gasteiger partial charge in [0.05, 0.1) is 5.69 Å². The maximum atomic E-state index is 13.3. The van der Waals surface area contributed by atoms with E-state index in [-0.39, 0.29) is 17.4 Å². The molecular weight excluding hydrogens is 400 g/mol. The first-order valence-electron chi connectivity index (χ1n) is 11.8. The van der Waals surface area contributed by atoms with Gasteiger partial charge in [0.25, 0.3) is 5.91 Å². The third-order valence-electron chi connectivity index (χ3n) is 7.14. The van der Waals surface area contributed by atoms with Gasteiger partial charge in [0, 0.05) is 56.2 Å². The molecule has 4 heterocycles. The van der Waals surface area contributed by atoms with Gasteiger partial charge in [0.1, 0.15) is 11.3 Å². The fourth-order valence-corrected chi connectivity index (χ4v) is 5.37. The fraction of sp³-hybridized carbons (Fsp3) is 0.480. The molecule has 0 bridgehead atoms. The zero-order valence-electron chi connectivity index (χ0n) is 18.5. The summed E-state index contributed by atoms with van der Waals surface area (Å²) >= 11 is 0. The lowest BCUT2D eigenvalue weighted by molar-refractivity contribution is 0.0930. The predicted molar refractivity (Wildman–Crippen MR) is 124 cm³/mol. The SMILES string of the molecule is NC1CCN(Cc2cn3c(C(=O)NCC4(c5cccnc5)CCCCC4)cccc3n2)C1. The van der Waals surface area contributed by atoms with E-state index in [1.54, 1.807) is 0 Å². The van der Waals surface area contributed by atoms with Gasteiger partial charge in [0.15, 0.2) is 0 Å². The number of nitrogens with zero attached hydrogens (tertiary/aromatic N) is 4. The number of hydrogen-bond donors (Lipinski definition) is 2. The van der Waals surface area contributed by atoms with Crippen molar-refractivity contribution < 1.29 is 4.79 Å². The Bertz CT molecular complexity index is 1070. The largest absolute Gasteiger partial charge is 0.350 e. The van der Waals surface area contributed by atoms with Crippen LogP contribution in [-0.4, -0.2) is 50.9 Å². The molecule has 3 aromatic rings. The van der Waals surface area contributed by atoms with Crippen molar-refractivity contribution in [2.45, 2.75) is 56.5 Å². The molecule has 1 saturated heterocycles. The lowest BCUT2D eigenvalue weighted by Crippen LogP contribution is -2.42. The lowest BCUT2D eigenvalue weighted by Gasteiger charge is -2.37. The maximum absolute atomic E-state index is 13.3. The van der Waals surface area contributed by atoms with E-state index in [0.29, 0.717) is 12.2 Å². The lowest BCUT2D eigenvalue weighted by atomic mass is 9.70. The molecule has 1 saturated carbocycles. The summed E-state index contributed by atoms with van der Waals surface area (Å²) in [5.41, 5.74) is 9.63. The van der Waals surface area contributed by atoms with Gasteiger partial charge in [-0.1, -0.05) is 31.4 Å². The highest BCUT2D eigenvalue weighted by atomic mass is 16.1. The summed E-state index contributed by atoms with van der Waals surface area (Å²) in [6, 6.07) is 10.1. The molecule has 2 fully saturated rings. The van der Waals surface area contributed by atoms with Crippen LogP contribution in [0.2, 0.25) is 0 Å². The van der Waals surface area contributed by atoms with E-state index in [2.05, 4.69) is 21.3 Å². The number of likely N-dealkylation sites (tertiary alicyclic amines) is 1. The zero-order chi connectivity index (χ0) is 22.0. The van der Waals surface area contributed by atoms with Gasteiger partial charge in [-0.2, -0.15) is 0 Å². The third-order valence-corrected chi connectivity index (χ3v) is 7.14. The molecule has 5 rings (SSSR count). The molecule has 2 aliphatic rings. The first-order valence-corrected chi connectivity index (χ1v) is 11.8. The summed E-state index contributed by atoms with van der Waals surface area (Å²) in [6.45, 7) is 3.29. The second kappa shape index (κ2) is 9.00. The minimum absolute atomic E-state index is 0.0370. The molecule has 0 spiro atoms. The Kier molecular flexibility index (Phi) is 5.93. The number of carbonyl (C=O) groups excluding carboxylic acids is 1. The molecular formula is C25H32N6O. The first kappa shape index (κ1) is 21.1. The monoisotopic (exact) mass is 432 g/mol. The van der Waals surface area contributed by atoms with Crippen LogP contribution < -0.4 is 11.1 Å². The van der Waals surface area contributed by atoms with Crippen molar-refractivity contribution in [2.75, 3.05) is 19.6 Å². The Balaban J connectivity index is 1.34. The van der Waals surface area contributed by atoms with Crippen molar-refractivity contribution in [3.63, 3.8) is 0 Å². The molecule has 7 heteroatoms. The van der Waals surface area contributed by atoms with E-state index < -0.39 is 0 Å². The Morgan fingerprint density at radius 2 is 2.06 bits per heavy atom. The van der Waals surface area contributed by atoms with Crippen molar-refractivity contribution in [1.29, 1.82) is 0 Å². The summed E-state index contributed by atoms with van der Waals surface area (Å²) in [4.78, 5) is 24.7. The molecule has 32 heavy (non-hydrogen) atoms. The van der Waals surface area contributed by atoms with Gasteiger partial charge in [-0.05, 0) is 43.0 Å². The molecule has 3 N–H and O–H groups in total. The highest BCUT2D eigenvalue weighted by Crippen LogP contribution is 2.38. The van der Waals surface area contributed by atoms with Crippen molar-refractivity contribution in [2.24, 2.45) is 5.73 Å². The number of carbonyl (C=O) groups is 1. The topological polar surface area (TPSA) is 88.5 Å². The van der Waals surface area contributed by atoms with Gasteiger partial charge in [-0.3, -0.25) is 19.1 Å². The highest BCUT2D eigenvalue weighted by molar-refractivity contribution is 5.93. The summed E-state index contributed by atoms with van der Waals surface area (Å²) in [5, 5.41) is 3.25. The number of nitrogens with one attached hydrogen (secondary N) is 1. The number of fused-ring (bicyclic) bond motifs is 1. The molecule has 0 aromatic carbocycles. The molecule has 3 aromatic heterocycles. The summed E-state index contributed by atoms with van der Waals surface area (Å²) in [6.07, 6.45) is 12.6. The molecule has 1 amide bonds. The van der Waals surface area contributed by atoms with Crippen molar-refractivity contribution >= 4 is 11.6 Å². The Labute approximate surface area is 189 Å². The quantitative estimate of drug-likeness (QED) is 0.625. The van der Waals surface area contributed by atoms with Gasteiger partial charge in [-0.25, -0.2) is 4.98 Å². The molecule has 1 atom stereocenters. The second-order valence-corrected chi connectivity index (χ2v) is 9.42. The van der Waals surface area contributed by atoms with Crippen LogP contribution in [0.4, 0.5) is 0 Å². The second-order valence-electron chi connectivity index (χ2n) is 9.42. The van der Waals surface area contributed by atoms with Crippen LogP contribution in [0.25, 0.3) is 5.65 Å². The van der Waals surface area contributed by atoms with E-state index in [0.717, 1.165) is 50.2 Å². The number of rotatable bonds is 6. The van der Waals surface area contributed by atoms with Crippen LogP contribution in [0.5, 0.6) is 0 Å². The van der Waals surface area contributed by atoms with E-state index >= 15 is 0 Å². The Morgan fingerprint density at radius 3 is 2.81 bits per heavy atom. The van der Waals surface area contributed by atoms with Gasteiger partial charge >= 0.3 is 0 Å². The van der Waals surface area contributed by atoms with Crippen LogP contribution in [0.15, 0.2) is 48.9 Å². The molecule has 0 radical (unpaired) electrons. The van der Waals surface area contributed by atoms with E-state index in [1.165, 1.54) is 24.8 Å². The summed E-state index contributed by atoms with van der Waals surface area (Å²) < 4.78 is 1.91. The van der Waals surface area contributed by atoms with Crippen LogP contribution in [0.3, 0.4) is 0 Å². The zero-order valence-corrected chi connectivity index (χ0v) is 18.5. The Hall–Kier alpha value is -2.77. The molecule has 1 unspecified atom stereocenters. The average Bonchev–Trinajstić information content (AvgIpc) is 3.43. The number of pyridine rings is 2. The van der Waals surface area contributed by atoms with Gasteiger partial charge in [-0.15, -0.1) is 0 Å². The molecule has 7 nitrogen and oxygen atoms in total. The summed E-state index contributed by atoms with van der Waals surface area (Å²) in [5.74, 6) is -0.0587. The standard InChI is InChI=1S/C25H32N6O/c26-20-9-13-30(15-20)16-21-17-31-22(7-4-8-23(31)29-21)24(32)28-18-25(10-2-1-3-11-25)19-6-5-12-27-14-19/h4-8,12,14,17,20H,1-3,9-11,13,15-16,18,26H2,(H,28,32). The van der Waals surface area contributed by atoms with Crippen molar-refractivity contribution in [1.82, 2.24) is 24.6 Å². The maximum Gasteiger partial charge on any atom is 0.268 e. The van der Waals surface area contributed by atoms with Crippen LogP contribution in [-0.2, 0) is 12.0 Å². The summed E-state index contributed by atoms with van der Waals surface area (Å²) in [7, 11) is 0. The predicted octanol–water partition coefficient (Wildman–Crippen LogP) is 2.89. The molecule has 168 valence electrons. The van der Waals surface area contributed by atoms with E-state index in [1.807, 2.05) is 47.3 Å². The fourth-order valence-electron chi connectivity index (χ4n) is 5.37. The third kappa shape index (κ3) is 4.27. The number of aromatic nitrogens is 3. The minimum Gasteiger partial charge on any atom is -0.350 e. The van der Waals surface area contributed by atoms with Crippen LogP contribution >= 0.6 is 0 Å². The van der Waals surface area contributed by atoms with E-state index in [4.69, 9.17) is 10.7 Å². The first-order chi connectivity index (χ1) is 15.6. The average molecular weight is 433 g/mol. The smallest absolute Gasteiger partial charge is 0.268 e. The number of hydrogen-bond acceptors (Lipinski definition) is 5.